The predicted octanol–water partition coefficient (Wildman–Crippen LogP) is 0.630. The molecule has 2 aliphatic rings. The van der Waals surface area contributed by atoms with Crippen LogP contribution in [0.2, 0.25) is 0 Å². The number of hydrogen-bond donors (Lipinski definition) is 1. The molecule has 2 atom stereocenters. The average molecular weight is 194 g/mol. The lowest BCUT2D eigenvalue weighted by Crippen LogP contribution is -2.52. The Morgan fingerprint density at radius 2 is 2.00 bits per heavy atom. The van der Waals surface area contributed by atoms with Crippen molar-refractivity contribution in [3.63, 3.8) is 0 Å². The second-order valence-corrected chi connectivity index (χ2v) is 4.37. The highest BCUT2D eigenvalue weighted by molar-refractivity contribution is 5.87. The molecule has 2 unspecified atom stereocenters. The summed E-state index contributed by atoms with van der Waals surface area (Å²) >= 11 is 0. The second kappa shape index (κ2) is 4.13. The lowest BCUT2D eigenvalue weighted by molar-refractivity contribution is -0.129. The van der Waals surface area contributed by atoms with Crippen molar-refractivity contribution in [3.05, 3.63) is 12.2 Å². The molecule has 3 heteroatoms. The predicted molar refractivity (Wildman–Crippen MR) is 55.9 cm³/mol. The largest absolute Gasteiger partial charge is 0.339 e. The van der Waals surface area contributed by atoms with E-state index < -0.39 is 0 Å². The first kappa shape index (κ1) is 9.71. The van der Waals surface area contributed by atoms with Gasteiger partial charge in [0.25, 0.3) is 0 Å². The number of amides is 1. The summed E-state index contributed by atoms with van der Waals surface area (Å²) in [5.74, 6) is 1.54. The van der Waals surface area contributed by atoms with E-state index >= 15 is 0 Å². The SMILES string of the molecule is CC=CC(=O)N1CC2CNCC(C2)C1. The van der Waals surface area contributed by atoms with Crippen molar-refractivity contribution < 1.29 is 4.79 Å². The summed E-state index contributed by atoms with van der Waals surface area (Å²) in [4.78, 5) is 13.6. The van der Waals surface area contributed by atoms with Crippen LogP contribution in [0.15, 0.2) is 12.2 Å². The van der Waals surface area contributed by atoms with Crippen LogP contribution in [0.25, 0.3) is 0 Å². The first-order valence-corrected chi connectivity index (χ1v) is 5.42. The number of carbonyl (C=O) groups is 1. The molecule has 2 aliphatic heterocycles. The molecule has 0 aromatic carbocycles. The van der Waals surface area contributed by atoms with E-state index in [0.29, 0.717) is 11.8 Å². The van der Waals surface area contributed by atoms with Gasteiger partial charge < -0.3 is 10.2 Å². The molecule has 3 nitrogen and oxygen atoms in total. The Labute approximate surface area is 85.2 Å². The molecular weight excluding hydrogens is 176 g/mol. The van der Waals surface area contributed by atoms with Gasteiger partial charge >= 0.3 is 0 Å². The quantitative estimate of drug-likeness (QED) is 0.621. The van der Waals surface area contributed by atoms with Gasteiger partial charge in [-0.2, -0.15) is 0 Å². The summed E-state index contributed by atoms with van der Waals surface area (Å²) < 4.78 is 0. The lowest BCUT2D eigenvalue weighted by Gasteiger charge is -2.41. The lowest BCUT2D eigenvalue weighted by atomic mass is 9.86. The van der Waals surface area contributed by atoms with Crippen molar-refractivity contribution in [2.45, 2.75) is 13.3 Å². The van der Waals surface area contributed by atoms with Crippen LogP contribution in [0.1, 0.15) is 13.3 Å². The van der Waals surface area contributed by atoms with E-state index in [2.05, 4.69) is 5.32 Å². The van der Waals surface area contributed by atoms with Crippen molar-refractivity contribution in [3.8, 4) is 0 Å². The van der Waals surface area contributed by atoms with E-state index in [1.807, 2.05) is 17.9 Å². The Hall–Kier alpha value is -0.830. The molecular formula is C11H18N2O. The van der Waals surface area contributed by atoms with Gasteiger partial charge in [0.1, 0.15) is 0 Å². The number of likely N-dealkylation sites (tertiary alicyclic amines) is 1. The maximum atomic E-state index is 11.6. The molecule has 78 valence electrons. The van der Waals surface area contributed by atoms with Crippen LogP contribution in [0.3, 0.4) is 0 Å². The number of nitrogens with one attached hydrogen (secondary N) is 1. The topological polar surface area (TPSA) is 32.3 Å². The van der Waals surface area contributed by atoms with Crippen molar-refractivity contribution in [2.75, 3.05) is 26.2 Å². The highest BCUT2D eigenvalue weighted by Crippen LogP contribution is 2.24. The number of piperidine rings is 2. The average Bonchev–Trinajstić information content (AvgIpc) is 2.17. The van der Waals surface area contributed by atoms with Crippen molar-refractivity contribution >= 4 is 5.91 Å². The molecule has 2 saturated heterocycles. The number of nitrogens with zero attached hydrogens (tertiary/aromatic N) is 1. The Bertz CT molecular complexity index is 238. The zero-order chi connectivity index (χ0) is 9.97. The van der Waals surface area contributed by atoms with Gasteiger partial charge in [0, 0.05) is 13.1 Å². The number of carbonyl (C=O) groups excluding carboxylic acids is 1. The Morgan fingerprint density at radius 1 is 1.36 bits per heavy atom. The summed E-state index contributed by atoms with van der Waals surface area (Å²) in [7, 11) is 0. The smallest absolute Gasteiger partial charge is 0.246 e. The zero-order valence-electron chi connectivity index (χ0n) is 8.70. The minimum absolute atomic E-state index is 0.184. The summed E-state index contributed by atoms with van der Waals surface area (Å²) in [5, 5.41) is 3.42. The summed E-state index contributed by atoms with van der Waals surface area (Å²) in [6.07, 6.45) is 4.80. The summed E-state index contributed by atoms with van der Waals surface area (Å²) in [6, 6.07) is 0. The van der Waals surface area contributed by atoms with Gasteiger partial charge in [-0.15, -0.1) is 0 Å². The molecule has 0 spiro atoms. The molecule has 2 fully saturated rings. The van der Waals surface area contributed by atoms with Crippen molar-refractivity contribution in [1.29, 1.82) is 0 Å². The fourth-order valence-electron chi connectivity index (χ4n) is 2.53. The molecule has 0 saturated carbocycles. The fourth-order valence-corrected chi connectivity index (χ4v) is 2.53. The number of rotatable bonds is 1. The van der Waals surface area contributed by atoms with E-state index in [4.69, 9.17) is 0 Å². The molecule has 14 heavy (non-hydrogen) atoms. The number of hydrogen-bond acceptors (Lipinski definition) is 2. The highest BCUT2D eigenvalue weighted by Gasteiger charge is 2.31. The standard InChI is InChI=1S/C11H18N2O/c1-2-3-11(14)13-7-9-4-10(8-13)6-12-5-9/h2-3,9-10,12H,4-8H2,1H3. The molecule has 0 aromatic rings. The normalized spacial score (nSPS) is 32.2. The molecule has 0 aromatic heterocycles. The van der Waals surface area contributed by atoms with E-state index in [1.54, 1.807) is 6.08 Å². The van der Waals surface area contributed by atoms with Gasteiger partial charge in [-0.25, -0.2) is 0 Å². The van der Waals surface area contributed by atoms with Crippen LogP contribution in [-0.2, 0) is 4.79 Å². The van der Waals surface area contributed by atoms with Gasteiger partial charge in [-0.3, -0.25) is 4.79 Å². The van der Waals surface area contributed by atoms with Crippen LogP contribution in [-0.4, -0.2) is 37.0 Å². The minimum Gasteiger partial charge on any atom is -0.339 e. The van der Waals surface area contributed by atoms with Crippen LogP contribution in [0, 0.1) is 11.8 Å². The molecule has 0 radical (unpaired) electrons. The molecule has 1 amide bonds. The molecule has 1 N–H and O–H groups in total. The Balaban J connectivity index is 1.98. The number of fused-ring (bicyclic) bond motifs is 2. The molecule has 2 heterocycles. The van der Waals surface area contributed by atoms with Crippen molar-refractivity contribution in [2.24, 2.45) is 11.8 Å². The van der Waals surface area contributed by atoms with E-state index in [9.17, 15) is 4.79 Å². The van der Waals surface area contributed by atoms with E-state index in [1.165, 1.54) is 6.42 Å². The minimum atomic E-state index is 0.184. The first-order valence-electron chi connectivity index (χ1n) is 5.42. The molecule has 0 aliphatic carbocycles. The maximum absolute atomic E-state index is 11.6. The van der Waals surface area contributed by atoms with Gasteiger partial charge in [-0.1, -0.05) is 6.08 Å². The van der Waals surface area contributed by atoms with Gasteiger partial charge in [-0.05, 0) is 44.3 Å². The first-order chi connectivity index (χ1) is 6.79. The third-order valence-electron chi connectivity index (χ3n) is 3.11. The highest BCUT2D eigenvalue weighted by atomic mass is 16.2. The monoisotopic (exact) mass is 194 g/mol. The Morgan fingerprint density at radius 3 is 2.57 bits per heavy atom. The summed E-state index contributed by atoms with van der Waals surface area (Å²) in [6.45, 7) is 5.93. The Kier molecular flexibility index (Phi) is 2.87. The number of allylic oxidation sites excluding steroid dienone is 1. The second-order valence-electron chi connectivity index (χ2n) is 4.37. The van der Waals surface area contributed by atoms with Crippen LogP contribution in [0.5, 0.6) is 0 Å². The van der Waals surface area contributed by atoms with Gasteiger partial charge in [0.2, 0.25) is 5.91 Å². The third kappa shape index (κ3) is 1.98. The molecule has 2 bridgehead atoms. The van der Waals surface area contributed by atoms with Gasteiger partial charge in [0.15, 0.2) is 0 Å². The summed E-state index contributed by atoms with van der Waals surface area (Å²) in [5.41, 5.74) is 0. The molecule has 2 rings (SSSR count). The van der Waals surface area contributed by atoms with Crippen molar-refractivity contribution in [1.82, 2.24) is 10.2 Å². The third-order valence-corrected chi connectivity index (χ3v) is 3.11. The van der Waals surface area contributed by atoms with Crippen LogP contribution in [0.4, 0.5) is 0 Å². The zero-order valence-corrected chi connectivity index (χ0v) is 8.70. The van der Waals surface area contributed by atoms with E-state index in [-0.39, 0.29) is 5.91 Å². The fraction of sp³-hybridized carbons (Fsp3) is 0.727. The maximum Gasteiger partial charge on any atom is 0.246 e. The van der Waals surface area contributed by atoms with Gasteiger partial charge in [0.05, 0.1) is 0 Å². The van der Waals surface area contributed by atoms with Crippen LogP contribution < -0.4 is 5.32 Å². The van der Waals surface area contributed by atoms with Crippen LogP contribution >= 0.6 is 0 Å². The van der Waals surface area contributed by atoms with E-state index in [0.717, 1.165) is 26.2 Å².